The van der Waals surface area contributed by atoms with Crippen LogP contribution in [0.25, 0.3) is 0 Å². The Morgan fingerprint density at radius 1 is 1.04 bits per heavy atom. The van der Waals surface area contributed by atoms with Crippen molar-refractivity contribution in [2.75, 3.05) is 26.2 Å². The van der Waals surface area contributed by atoms with Gasteiger partial charge >= 0.3 is 0 Å². The Balaban J connectivity index is 1.44. The van der Waals surface area contributed by atoms with Gasteiger partial charge < -0.3 is 9.80 Å². The van der Waals surface area contributed by atoms with Gasteiger partial charge in [-0.05, 0) is 70.4 Å². The highest BCUT2D eigenvalue weighted by Gasteiger charge is 2.48. The first-order chi connectivity index (χ1) is 12.5. The molecular formula is C22H30N2O2. The summed E-state index contributed by atoms with van der Waals surface area (Å²) < 4.78 is 0. The first kappa shape index (κ1) is 17.6. The van der Waals surface area contributed by atoms with Crippen LogP contribution in [-0.2, 0) is 4.79 Å². The number of benzene rings is 1. The van der Waals surface area contributed by atoms with Crippen molar-refractivity contribution in [3.63, 3.8) is 0 Å². The first-order valence-corrected chi connectivity index (χ1v) is 10.1. The lowest BCUT2D eigenvalue weighted by Crippen LogP contribution is -2.37. The Labute approximate surface area is 156 Å². The molecule has 2 saturated heterocycles. The van der Waals surface area contributed by atoms with Crippen LogP contribution in [0.1, 0.15) is 60.0 Å². The predicted molar refractivity (Wildman–Crippen MR) is 102 cm³/mol. The van der Waals surface area contributed by atoms with E-state index < -0.39 is 0 Å². The second-order valence-electron chi connectivity index (χ2n) is 8.75. The molecule has 1 spiro atoms. The fourth-order valence-corrected chi connectivity index (χ4v) is 4.82. The SMILES string of the molecule is Cc1cc(C)cc(C(=O)N2CCC[C@@]3(CC2)CCN(CC2CC2)C3=O)c1. The minimum atomic E-state index is -0.202. The van der Waals surface area contributed by atoms with Crippen LogP contribution in [0.4, 0.5) is 0 Å². The van der Waals surface area contributed by atoms with Crippen LogP contribution < -0.4 is 0 Å². The van der Waals surface area contributed by atoms with Crippen molar-refractivity contribution < 1.29 is 9.59 Å². The second-order valence-corrected chi connectivity index (χ2v) is 8.75. The fourth-order valence-electron chi connectivity index (χ4n) is 4.82. The summed E-state index contributed by atoms with van der Waals surface area (Å²) in [6.45, 7) is 7.42. The van der Waals surface area contributed by atoms with E-state index in [0.29, 0.717) is 12.5 Å². The van der Waals surface area contributed by atoms with Crippen LogP contribution >= 0.6 is 0 Å². The largest absolute Gasteiger partial charge is 0.342 e. The van der Waals surface area contributed by atoms with Crippen molar-refractivity contribution in [1.82, 2.24) is 9.80 Å². The molecule has 4 nitrogen and oxygen atoms in total. The van der Waals surface area contributed by atoms with Gasteiger partial charge in [-0.1, -0.05) is 17.2 Å². The number of hydrogen-bond acceptors (Lipinski definition) is 2. The van der Waals surface area contributed by atoms with E-state index in [0.717, 1.165) is 67.9 Å². The van der Waals surface area contributed by atoms with E-state index >= 15 is 0 Å². The van der Waals surface area contributed by atoms with Crippen molar-refractivity contribution in [2.24, 2.45) is 11.3 Å². The molecule has 3 fully saturated rings. The monoisotopic (exact) mass is 354 g/mol. The van der Waals surface area contributed by atoms with Crippen LogP contribution in [0.5, 0.6) is 0 Å². The lowest BCUT2D eigenvalue weighted by molar-refractivity contribution is -0.136. The predicted octanol–water partition coefficient (Wildman–Crippen LogP) is 3.56. The molecular weight excluding hydrogens is 324 g/mol. The van der Waals surface area contributed by atoms with Crippen molar-refractivity contribution >= 4 is 11.8 Å². The zero-order valence-corrected chi connectivity index (χ0v) is 16.1. The van der Waals surface area contributed by atoms with E-state index in [1.165, 1.54) is 12.8 Å². The molecule has 0 N–H and O–H groups in total. The number of carbonyl (C=O) groups excluding carboxylic acids is 2. The molecule has 3 aliphatic rings. The van der Waals surface area contributed by atoms with Crippen molar-refractivity contribution in [1.29, 1.82) is 0 Å². The van der Waals surface area contributed by atoms with E-state index in [1.807, 2.05) is 30.9 Å². The molecule has 0 bridgehead atoms. The molecule has 1 aromatic rings. The van der Waals surface area contributed by atoms with E-state index in [2.05, 4.69) is 11.0 Å². The summed E-state index contributed by atoms with van der Waals surface area (Å²) in [6.07, 6.45) is 6.24. The Bertz CT molecular complexity index is 705. The summed E-state index contributed by atoms with van der Waals surface area (Å²) in [7, 11) is 0. The Morgan fingerprint density at radius 3 is 2.42 bits per heavy atom. The third-order valence-electron chi connectivity index (χ3n) is 6.48. The van der Waals surface area contributed by atoms with Crippen molar-refractivity contribution in [2.45, 2.75) is 52.4 Å². The Morgan fingerprint density at radius 2 is 1.73 bits per heavy atom. The molecule has 1 aromatic carbocycles. The van der Waals surface area contributed by atoms with Gasteiger partial charge in [0, 0.05) is 31.7 Å². The topological polar surface area (TPSA) is 40.6 Å². The molecule has 2 heterocycles. The van der Waals surface area contributed by atoms with Gasteiger partial charge in [-0.3, -0.25) is 9.59 Å². The van der Waals surface area contributed by atoms with Crippen LogP contribution in [0.3, 0.4) is 0 Å². The highest BCUT2D eigenvalue weighted by molar-refractivity contribution is 5.94. The van der Waals surface area contributed by atoms with Gasteiger partial charge in [0.15, 0.2) is 0 Å². The normalized spacial score (nSPS) is 26.5. The summed E-state index contributed by atoms with van der Waals surface area (Å²) in [6, 6.07) is 6.06. The smallest absolute Gasteiger partial charge is 0.253 e. The summed E-state index contributed by atoms with van der Waals surface area (Å²) >= 11 is 0. The molecule has 2 amide bonds. The molecule has 0 unspecified atom stereocenters. The van der Waals surface area contributed by atoms with Crippen LogP contribution in [0.15, 0.2) is 18.2 Å². The summed E-state index contributed by atoms with van der Waals surface area (Å²) in [4.78, 5) is 30.1. The van der Waals surface area contributed by atoms with Gasteiger partial charge in [-0.25, -0.2) is 0 Å². The molecule has 0 aromatic heterocycles. The zero-order chi connectivity index (χ0) is 18.3. The van der Waals surface area contributed by atoms with Crippen molar-refractivity contribution in [3.8, 4) is 0 Å². The van der Waals surface area contributed by atoms with Crippen LogP contribution in [0, 0.1) is 25.2 Å². The molecule has 2 aliphatic heterocycles. The summed E-state index contributed by atoms with van der Waals surface area (Å²) in [5.74, 6) is 1.24. The number of likely N-dealkylation sites (tertiary alicyclic amines) is 2. The third-order valence-corrected chi connectivity index (χ3v) is 6.48. The fraction of sp³-hybridized carbons (Fsp3) is 0.636. The number of nitrogens with zero attached hydrogens (tertiary/aromatic N) is 2. The van der Waals surface area contributed by atoms with Gasteiger partial charge in [0.2, 0.25) is 5.91 Å². The highest BCUT2D eigenvalue weighted by Crippen LogP contribution is 2.43. The van der Waals surface area contributed by atoms with Gasteiger partial charge in [-0.15, -0.1) is 0 Å². The molecule has 0 radical (unpaired) electrons. The quantitative estimate of drug-likeness (QED) is 0.833. The average molecular weight is 354 g/mol. The van der Waals surface area contributed by atoms with E-state index in [1.54, 1.807) is 0 Å². The second kappa shape index (κ2) is 6.71. The maximum atomic E-state index is 13.1. The molecule has 1 atom stereocenters. The molecule has 4 rings (SSSR count). The van der Waals surface area contributed by atoms with Gasteiger partial charge in [0.25, 0.3) is 5.91 Å². The van der Waals surface area contributed by atoms with E-state index in [4.69, 9.17) is 0 Å². The number of hydrogen-bond donors (Lipinski definition) is 0. The number of amides is 2. The highest BCUT2D eigenvalue weighted by atomic mass is 16.2. The number of aryl methyl sites for hydroxylation is 2. The molecule has 140 valence electrons. The molecule has 4 heteroatoms. The first-order valence-electron chi connectivity index (χ1n) is 10.1. The molecule has 1 saturated carbocycles. The van der Waals surface area contributed by atoms with E-state index in [9.17, 15) is 9.59 Å². The number of carbonyl (C=O) groups is 2. The van der Waals surface area contributed by atoms with Crippen LogP contribution in [-0.4, -0.2) is 47.8 Å². The molecule has 26 heavy (non-hydrogen) atoms. The minimum Gasteiger partial charge on any atom is -0.342 e. The lowest BCUT2D eigenvalue weighted by Gasteiger charge is -2.27. The van der Waals surface area contributed by atoms with Crippen molar-refractivity contribution in [3.05, 3.63) is 34.9 Å². The van der Waals surface area contributed by atoms with Crippen LogP contribution in [0.2, 0.25) is 0 Å². The summed E-state index contributed by atoms with van der Waals surface area (Å²) in [5.41, 5.74) is 2.83. The zero-order valence-electron chi connectivity index (χ0n) is 16.1. The van der Waals surface area contributed by atoms with Gasteiger partial charge in [-0.2, -0.15) is 0 Å². The third kappa shape index (κ3) is 3.38. The minimum absolute atomic E-state index is 0.120. The van der Waals surface area contributed by atoms with Gasteiger partial charge in [0.05, 0.1) is 5.41 Å². The average Bonchev–Trinajstić information content (AvgIpc) is 3.39. The Kier molecular flexibility index (Phi) is 4.54. The standard InChI is InChI=1S/C22H30N2O2/c1-16-12-17(2)14-19(13-16)20(25)23-9-3-6-22(7-10-23)8-11-24(21(22)26)15-18-4-5-18/h12-14,18H,3-11,15H2,1-2H3/t22-/m1/s1. The molecule has 1 aliphatic carbocycles. The lowest BCUT2D eigenvalue weighted by atomic mass is 9.79. The van der Waals surface area contributed by atoms with E-state index in [-0.39, 0.29) is 11.3 Å². The summed E-state index contributed by atoms with van der Waals surface area (Å²) in [5, 5.41) is 0. The Hall–Kier alpha value is -1.84. The number of rotatable bonds is 3. The maximum Gasteiger partial charge on any atom is 0.253 e. The van der Waals surface area contributed by atoms with Gasteiger partial charge in [0.1, 0.15) is 0 Å². The maximum absolute atomic E-state index is 13.1.